The number of thiazole rings is 1. The molecule has 48 heavy (non-hydrogen) atoms. The number of methoxy groups -OCH3 is 1. The molecule has 3 heterocycles. The number of halogens is 1. The van der Waals surface area contributed by atoms with Crippen LogP contribution in [0.15, 0.2) is 112 Å². The first-order chi connectivity index (χ1) is 23.3. The van der Waals surface area contributed by atoms with Gasteiger partial charge in [0.1, 0.15) is 11.8 Å². The third-order valence-electron chi connectivity index (χ3n) is 9.10. The number of hydrogen-bond acceptors (Lipinski definition) is 5. The number of amides is 1. The van der Waals surface area contributed by atoms with E-state index in [1.165, 1.54) is 11.3 Å². The molecule has 1 atom stereocenters. The second kappa shape index (κ2) is 12.9. The molecular weight excluding hydrogens is 640 g/mol. The van der Waals surface area contributed by atoms with E-state index >= 15 is 0 Å². The molecule has 2 aromatic heterocycles. The van der Waals surface area contributed by atoms with Gasteiger partial charge in [0.15, 0.2) is 4.80 Å². The summed E-state index contributed by atoms with van der Waals surface area (Å²) in [4.78, 5) is 36.2. The van der Waals surface area contributed by atoms with Gasteiger partial charge in [0.2, 0.25) is 0 Å². The molecule has 9 heteroatoms. The third kappa shape index (κ3) is 5.45. The van der Waals surface area contributed by atoms with Gasteiger partial charge in [-0.1, -0.05) is 83.6 Å². The minimum Gasteiger partial charge on any atom is -0.496 e. The summed E-state index contributed by atoms with van der Waals surface area (Å²) in [5.74, 6) is 0.471. The predicted octanol–water partition coefficient (Wildman–Crippen LogP) is 6.92. The van der Waals surface area contributed by atoms with Crippen molar-refractivity contribution >= 4 is 56.6 Å². The molecule has 242 valence electrons. The monoisotopic (exact) mass is 674 g/mol. The van der Waals surface area contributed by atoms with Crippen LogP contribution in [0, 0.1) is 0 Å². The molecule has 0 fully saturated rings. The Bertz CT molecular complexity index is 2420. The average Bonchev–Trinajstić information content (AvgIpc) is 3.60. The van der Waals surface area contributed by atoms with Gasteiger partial charge in [-0.15, -0.1) is 0 Å². The molecule has 0 unspecified atom stereocenters. The normalized spacial score (nSPS) is 14.8. The summed E-state index contributed by atoms with van der Waals surface area (Å²) in [6, 6.07) is 27.2. The Hall–Kier alpha value is -4.92. The number of nitrogens with zero attached hydrogens (tertiary/aromatic N) is 4. The molecule has 0 spiro atoms. The van der Waals surface area contributed by atoms with Crippen molar-refractivity contribution in [3.63, 3.8) is 0 Å². The van der Waals surface area contributed by atoms with Crippen LogP contribution < -0.4 is 19.6 Å². The van der Waals surface area contributed by atoms with Gasteiger partial charge in [0.25, 0.3) is 11.5 Å². The number of fused-ring (bicyclic) bond motifs is 3. The maximum atomic E-state index is 14.7. The second-order valence-corrected chi connectivity index (χ2v) is 13.3. The highest BCUT2D eigenvalue weighted by atomic mass is 35.5. The summed E-state index contributed by atoms with van der Waals surface area (Å²) in [7, 11) is 1.62. The van der Waals surface area contributed by atoms with Gasteiger partial charge in [-0.2, -0.15) is 0 Å². The topological polar surface area (TPSA) is 68.8 Å². The van der Waals surface area contributed by atoms with Gasteiger partial charge in [-0.25, -0.2) is 4.99 Å². The number of carbonyl (C=O) groups is 1. The minimum absolute atomic E-state index is 0.138. The number of hydrogen-bond donors (Lipinski definition) is 0. The summed E-state index contributed by atoms with van der Waals surface area (Å²) in [5, 5.41) is 3.65. The van der Waals surface area contributed by atoms with E-state index in [-0.39, 0.29) is 11.5 Å². The number of rotatable bonds is 8. The molecule has 1 aliphatic rings. The smallest absolute Gasteiger partial charge is 0.271 e. The van der Waals surface area contributed by atoms with Crippen molar-refractivity contribution in [2.24, 2.45) is 4.99 Å². The van der Waals surface area contributed by atoms with Gasteiger partial charge in [0, 0.05) is 52.9 Å². The van der Waals surface area contributed by atoms with Crippen LogP contribution in [0.5, 0.6) is 5.75 Å². The van der Waals surface area contributed by atoms with Crippen molar-refractivity contribution < 1.29 is 9.53 Å². The van der Waals surface area contributed by atoms with Crippen LogP contribution >= 0.6 is 22.9 Å². The maximum absolute atomic E-state index is 14.7. The van der Waals surface area contributed by atoms with Crippen LogP contribution in [0.1, 0.15) is 43.5 Å². The highest BCUT2D eigenvalue weighted by Crippen LogP contribution is 2.40. The number of allylic oxidation sites excluding steroid dienone is 1. The number of ether oxygens (including phenoxy) is 1. The molecule has 7 rings (SSSR count). The fourth-order valence-corrected chi connectivity index (χ4v) is 7.90. The summed E-state index contributed by atoms with van der Waals surface area (Å²) in [6.07, 6.45) is 4.04. The van der Waals surface area contributed by atoms with Crippen LogP contribution in [-0.4, -0.2) is 40.1 Å². The number of aromatic nitrogens is 2. The lowest BCUT2D eigenvalue weighted by atomic mass is 9.90. The van der Waals surface area contributed by atoms with Crippen molar-refractivity contribution in [3.8, 4) is 5.75 Å². The fraction of sp³-hybridized carbons (Fsp3) is 0.205. The SMILES string of the molecule is CCN(CC)C(=O)C1=C(C)N=c2s/c(=C/c3cn(Cc4ccc(Cl)cc4)c4ccccc34)c(=O)n2[C@H]1c1c(OC)ccc2ccccc12. The van der Waals surface area contributed by atoms with Gasteiger partial charge in [-0.3, -0.25) is 14.2 Å². The summed E-state index contributed by atoms with van der Waals surface area (Å²) in [6.45, 7) is 7.52. The van der Waals surface area contributed by atoms with Crippen LogP contribution in [0.25, 0.3) is 27.8 Å². The van der Waals surface area contributed by atoms with Crippen LogP contribution in [0.2, 0.25) is 5.02 Å². The lowest BCUT2D eigenvalue weighted by molar-refractivity contribution is -0.127. The van der Waals surface area contributed by atoms with Gasteiger partial charge < -0.3 is 14.2 Å². The summed E-state index contributed by atoms with van der Waals surface area (Å²) in [5.41, 5.74) is 4.76. The average molecular weight is 675 g/mol. The zero-order valence-electron chi connectivity index (χ0n) is 27.2. The number of benzene rings is 4. The van der Waals surface area contributed by atoms with Crippen LogP contribution in [-0.2, 0) is 11.3 Å². The Morgan fingerprint density at radius 2 is 1.69 bits per heavy atom. The summed E-state index contributed by atoms with van der Waals surface area (Å²) >= 11 is 7.48. The molecule has 0 bridgehead atoms. The van der Waals surface area contributed by atoms with E-state index in [1.807, 2.05) is 99.6 Å². The lowest BCUT2D eigenvalue weighted by Gasteiger charge is -2.30. The van der Waals surface area contributed by atoms with Gasteiger partial charge >= 0.3 is 0 Å². The molecule has 4 aromatic carbocycles. The maximum Gasteiger partial charge on any atom is 0.271 e. The van der Waals surface area contributed by atoms with E-state index in [1.54, 1.807) is 16.6 Å². The Morgan fingerprint density at radius 3 is 2.42 bits per heavy atom. The first kappa shape index (κ1) is 31.7. The van der Waals surface area contributed by atoms with Crippen LogP contribution in [0.4, 0.5) is 0 Å². The number of carbonyl (C=O) groups excluding carboxylic acids is 1. The highest BCUT2D eigenvalue weighted by Gasteiger charge is 2.36. The first-order valence-corrected chi connectivity index (χ1v) is 17.2. The molecular formula is C39H35ClN4O3S. The number of likely N-dealkylation sites (N-methyl/N-ethyl adjacent to an activating group) is 1. The minimum atomic E-state index is -0.733. The molecule has 0 N–H and O–H groups in total. The molecule has 6 aromatic rings. The Labute approximate surface area is 287 Å². The molecule has 0 radical (unpaired) electrons. The lowest BCUT2D eigenvalue weighted by Crippen LogP contribution is -2.43. The molecule has 7 nitrogen and oxygen atoms in total. The Morgan fingerprint density at radius 1 is 0.979 bits per heavy atom. The van der Waals surface area contributed by atoms with E-state index in [2.05, 4.69) is 22.9 Å². The zero-order valence-corrected chi connectivity index (χ0v) is 28.8. The first-order valence-electron chi connectivity index (χ1n) is 16.0. The van der Waals surface area contributed by atoms with Crippen molar-refractivity contribution in [1.82, 2.24) is 14.0 Å². The quantitative estimate of drug-likeness (QED) is 0.176. The fourth-order valence-electron chi connectivity index (χ4n) is 6.73. The largest absolute Gasteiger partial charge is 0.496 e. The Balaban J connectivity index is 1.46. The summed E-state index contributed by atoms with van der Waals surface area (Å²) < 4.78 is 10.4. The Kier molecular flexibility index (Phi) is 8.54. The van der Waals surface area contributed by atoms with Crippen molar-refractivity contribution in [2.45, 2.75) is 33.4 Å². The van der Waals surface area contributed by atoms with E-state index in [0.717, 1.165) is 38.4 Å². The van der Waals surface area contributed by atoms with Crippen LogP contribution in [0.3, 0.4) is 0 Å². The molecule has 1 aliphatic heterocycles. The van der Waals surface area contributed by atoms with Crippen molar-refractivity contribution in [1.29, 1.82) is 0 Å². The predicted molar refractivity (Wildman–Crippen MR) is 195 cm³/mol. The van der Waals surface area contributed by atoms with E-state index in [9.17, 15) is 9.59 Å². The third-order valence-corrected chi connectivity index (χ3v) is 10.3. The van der Waals surface area contributed by atoms with E-state index < -0.39 is 6.04 Å². The number of para-hydroxylation sites is 1. The van der Waals surface area contributed by atoms with Gasteiger partial charge in [0.05, 0.1) is 22.9 Å². The molecule has 0 saturated heterocycles. The molecule has 0 aliphatic carbocycles. The van der Waals surface area contributed by atoms with Gasteiger partial charge in [-0.05, 0) is 67.4 Å². The molecule has 1 amide bonds. The molecule has 0 saturated carbocycles. The van der Waals surface area contributed by atoms with E-state index in [0.29, 0.717) is 51.0 Å². The van der Waals surface area contributed by atoms with Crippen molar-refractivity contribution in [3.05, 3.63) is 144 Å². The second-order valence-electron chi connectivity index (χ2n) is 11.8. The zero-order chi connectivity index (χ0) is 33.5. The van der Waals surface area contributed by atoms with E-state index in [4.69, 9.17) is 21.3 Å². The highest BCUT2D eigenvalue weighted by molar-refractivity contribution is 7.07. The van der Waals surface area contributed by atoms with Crippen molar-refractivity contribution in [2.75, 3.05) is 20.2 Å². The standard InChI is InChI=1S/C39H35ClN4O3S/c1-5-42(6-2)38(46)34-24(3)41-39-44(36(34)35-30-13-8-7-11-26(30)17-20-32(35)47-4)37(45)33(48-39)21-27-23-43(31-14-10-9-12-29(27)31)22-25-15-18-28(40)19-16-25/h7-21,23,36H,5-6,22H2,1-4H3/b33-21+/t36-/m1/s1.